The summed E-state index contributed by atoms with van der Waals surface area (Å²) in [7, 11) is -2.75. The minimum atomic E-state index is -2.75. The van der Waals surface area contributed by atoms with Gasteiger partial charge in [0.05, 0.1) is 12.2 Å². The largest absolute Gasteiger partial charge is 0.395 e. The summed E-state index contributed by atoms with van der Waals surface area (Å²) in [4.78, 5) is 0. The minimum absolute atomic E-state index is 0.452. The molecule has 8 heteroatoms. The number of benzene rings is 1. The predicted molar refractivity (Wildman–Crippen MR) is 116 cm³/mol. The first-order chi connectivity index (χ1) is 14.7. The van der Waals surface area contributed by atoms with Gasteiger partial charge in [-0.05, 0) is 19.5 Å². The van der Waals surface area contributed by atoms with Gasteiger partial charge in [-0.1, -0.05) is 77.6 Å². The number of unbranched alkanes of at least 4 members (excludes halogenated alkanes) is 11. The molecule has 31 heavy (non-hydrogen) atoms. The second kappa shape index (κ2) is 15.0. The highest BCUT2D eigenvalue weighted by Gasteiger charge is 2.29. The third-order valence-corrected chi connectivity index (χ3v) is 7.05. The van der Waals surface area contributed by atoms with Crippen LogP contribution in [0.15, 0.2) is 0 Å². The van der Waals surface area contributed by atoms with Gasteiger partial charge in [-0.2, -0.15) is 0 Å². The molecule has 0 unspecified atom stereocenters. The zero-order chi connectivity index (χ0) is 23.3. The number of rotatable bonds is 17. The van der Waals surface area contributed by atoms with Crippen molar-refractivity contribution in [1.29, 1.82) is 0 Å². The van der Waals surface area contributed by atoms with E-state index in [4.69, 9.17) is 8.85 Å². The topological polar surface area (TPSA) is 18.5 Å². The first-order valence-electron chi connectivity index (χ1n) is 11.5. The fourth-order valence-electron chi connectivity index (χ4n) is 3.33. The molecule has 0 amide bonds. The predicted octanol–water partition coefficient (Wildman–Crippen LogP) is 8.32. The van der Waals surface area contributed by atoms with E-state index in [-0.39, 0.29) is 0 Å². The summed E-state index contributed by atoms with van der Waals surface area (Å²) in [5.41, 5.74) is -0.967. The lowest BCUT2D eigenvalue weighted by Gasteiger charge is -2.23. The SMILES string of the molecule is CCCCCCCCCCCCCCO[Si](C)(C)OCc1c(F)c(F)c(F)c(F)c1F. The summed E-state index contributed by atoms with van der Waals surface area (Å²) in [5.74, 6) is -9.81. The zero-order valence-electron chi connectivity index (χ0n) is 19.1. The fraction of sp³-hybridized carbons (Fsp3) is 0.739. The van der Waals surface area contributed by atoms with Gasteiger partial charge in [0.25, 0.3) is 0 Å². The second-order valence-corrected chi connectivity index (χ2v) is 11.9. The Morgan fingerprint density at radius 3 is 1.39 bits per heavy atom. The number of hydrogen-bond donors (Lipinski definition) is 0. The van der Waals surface area contributed by atoms with Crippen LogP contribution in [0.1, 0.15) is 89.5 Å². The summed E-state index contributed by atoms with van der Waals surface area (Å²) < 4.78 is 78.2. The van der Waals surface area contributed by atoms with Crippen molar-refractivity contribution < 1.29 is 30.8 Å². The molecule has 0 aromatic heterocycles. The third kappa shape index (κ3) is 10.4. The smallest absolute Gasteiger partial charge is 0.332 e. The molecule has 0 aliphatic carbocycles. The van der Waals surface area contributed by atoms with Gasteiger partial charge in [0.1, 0.15) is 0 Å². The maximum absolute atomic E-state index is 13.7. The highest BCUT2D eigenvalue weighted by molar-refractivity contribution is 6.64. The maximum atomic E-state index is 13.7. The van der Waals surface area contributed by atoms with Crippen molar-refractivity contribution in [2.75, 3.05) is 6.61 Å². The fourth-order valence-corrected chi connectivity index (χ4v) is 4.54. The molecule has 0 bridgehead atoms. The van der Waals surface area contributed by atoms with Gasteiger partial charge >= 0.3 is 8.56 Å². The average molecular weight is 469 g/mol. The van der Waals surface area contributed by atoms with Gasteiger partial charge in [-0.15, -0.1) is 0 Å². The quantitative estimate of drug-likeness (QED) is 0.0752. The van der Waals surface area contributed by atoms with Crippen molar-refractivity contribution in [3.8, 4) is 0 Å². The molecule has 0 atom stereocenters. The second-order valence-electron chi connectivity index (χ2n) is 8.47. The van der Waals surface area contributed by atoms with E-state index in [2.05, 4.69) is 6.92 Å². The Kier molecular flexibility index (Phi) is 13.5. The van der Waals surface area contributed by atoms with Crippen molar-refractivity contribution in [1.82, 2.24) is 0 Å². The van der Waals surface area contributed by atoms with E-state index >= 15 is 0 Å². The molecule has 0 aliphatic rings. The van der Waals surface area contributed by atoms with Gasteiger partial charge < -0.3 is 8.85 Å². The first kappa shape index (κ1) is 28.0. The lowest BCUT2D eigenvalue weighted by atomic mass is 10.1. The van der Waals surface area contributed by atoms with Gasteiger partial charge in [-0.3, -0.25) is 0 Å². The molecule has 180 valence electrons. The van der Waals surface area contributed by atoms with Gasteiger partial charge in [0, 0.05) is 6.61 Å². The van der Waals surface area contributed by atoms with Crippen LogP contribution in [0.2, 0.25) is 13.1 Å². The zero-order valence-corrected chi connectivity index (χ0v) is 20.1. The lowest BCUT2D eigenvalue weighted by molar-refractivity contribution is 0.163. The van der Waals surface area contributed by atoms with Gasteiger partial charge in [0.2, 0.25) is 5.82 Å². The van der Waals surface area contributed by atoms with Gasteiger partial charge in [-0.25, -0.2) is 22.0 Å². The Balaban J connectivity index is 2.18. The summed E-state index contributed by atoms with van der Waals surface area (Å²) in [5, 5.41) is 0. The Bertz CT molecular complexity index is 626. The van der Waals surface area contributed by atoms with Crippen LogP contribution in [0.25, 0.3) is 0 Å². The third-order valence-electron chi connectivity index (χ3n) is 5.31. The standard InChI is InChI=1S/C23H37F5O2Si/c1-4-5-6-7-8-9-10-11-12-13-14-15-16-29-31(2,3)30-17-18-19(24)21(26)23(28)22(27)20(18)25/h4-17H2,1-3H3. The van der Waals surface area contributed by atoms with Gasteiger partial charge in [0.15, 0.2) is 23.3 Å². The lowest BCUT2D eigenvalue weighted by Crippen LogP contribution is -2.35. The number of hydrogen-bond acceptors (Lipinski definition) is 2. The molecule has 0 fully saturated rings. The summed E-state index contributed by atoms with van der Waals surface area (Å²) in [6.45, 7) is 5.32. The Hall–Kier alpha value is -0.993. The summed E-state index contributed by atoms with van der Waals surface area (Å²) >= 11 is 0. The Labute approximate surface area is 184 Å². The van der Waals surface area contributed by atoms with E-state index in [9.17, 15) is 22.0 Å². The van der Waals surface area contributed by atoms with E-state index in [1.54, 1.807) is 13.1 Å². The van der Waals surface area contributed by atoms with Crippen LogP contribution in [-0.2, 0) is 15.5 Å². The Morgan fingerprint density at radius 2 is 0.935 bits per heavy atom. The molecule has 0 radical (unpaired) electrons. The summed E-state index contributed by atoms with van der Waals surface area (Å²) in [6, 6.07) is 0. The van der Waals surface area contributed by atoms with Crippen molar-refractivity contribution >= 4 is 8.56 Å². The Morgan fingerprint density at radius 1 is 0.548 bits per heavy atom. The summed E-state index contributed by atoms with van der Waals surface area (Å²) in [6.07, 6.45) is 14.7. The van der Waals surface area contributed by atoms with E-state index < -0.39 is 49.8 Å². The van der Waals surface area contributed by atoms with Crippen molar-refractivity contribution in [2.24, 2.45) is 0 Å². The minimum Gasteiger partial charge on any atom is -0.395 e. The molecule has 0 saturated heterocycles. The highest BCUT2D eigenvalue weighted by Crippen LogP contribution is 2.25. The van der Waals surface area contributed by atoms with Crippen molar-refractivity contribution in [3.63, 3.8) is 0 Å². The van der Waals surface area contributed by atoms with Crippen LogP contribution in [0.5, 0.6) is 0 Å². The molecular formula is C23H37F5O2Si. The molecule has 0 saturated carbocycles. The molecule has 1 aromatic rings. The monoisotopic (exact) mass is 468 g/mol. The molecule has 0 N–H and O–H groups in total. The highest BCUT2D eigenvalue weighted by atomic mass is 28.4. The van der Waals surface area contributed by atoms with E-state index in [1.165, 1.54) is 57.8 Å². The molecular weight excluding hydrogens is 431 g/mol. The molecule has 2 nitrogen and oxygen atoms in total. The number of halogens is 5. The van der Waals surface area contributed by atoms with E-state index in [0.29, 0.717) is 6.61 Å². The first-order valence-corrected chi connectivity index (χ1v) is 14.3. The van der Waals surface area contributed by atoms with Crippen LogP contribution in [0.3, 0.4) is 0 Å². The van der Waals surface area contributed by atoms with E-state index in [0.717, 1.165) is 19.3 Å². The average Bonchev–Trinajstić information content (AvgIpc) is 2.74. The van der Waals surface area contributed by atoms with Crippen LogP contribution >= 0.6 is 0 Å². The molecule has 1 rings (SSSR count). The molecule has 1 aromatic carbocycles. The van der Waals surface area contributed by atoms with E-state index in [1.807, 2.05) is 0 Å². The van der Waals surface area contributed by atoms with Crippen LogP contribution < -0.4 is 0 Å². The molecule has 0 spiro atoms. The normalized spacial score (nSPS) is 12.0. The van der Waals surface area contributed by atoms with Crippen LogP contribution in [0.4, 0.5) is 22.0 Å². The molecule has 0 aliphatic heterocycles. The van der Waals surface area contributed by atoms with Crippen molar-refractivity contribution in [3.05, 3.63) is 34.6 Å². The maximum Gasteiger partial charge on any atom is 0.332 e. The van der Waals surface area contributed by atoms with Crippen LogP contribution in [0, 0.1) is 29.1 Å². The molecule has 0 heterocycles. The van der Waals surface area contributed by atoms with Crippen LogP contribution in [-0.4, -0.2) is 15.2 Å². The van der Waals surface area contributed by atoms with Crippen molar-refractivity contribution in [2.45, 2.75) is 104 Å².